The zero-order valence-corrected chi connectivity index (χ0v) is 15.8. The van der Waals surface area contributed by atoms with Gasteiger partial charge in [0.25, 0.3) is 5.91 Å². The number of nitrogens with zero attached hydrogens (tertiary/aromatic N) is 3. The second kappa shape index (κ2) is 8.76. The lowest BCUT2D eigenvalue weighted by molar-refractivity contribution is 0.0383. The first-order chi connectivity index (χ1) is 13.1. The maximum atomic E-state index is 12.9. The quantitative estimate of drug-likeness (QED) is 0.881. The van der Waals surface area contributed by atoms with Crippen LogP contribution in [-0.4, -0.2) is 55.2 Å². The Labute approximate surface area is 159 Å². The van der Waals surface area contributed by atoms with E-state index in [2.05, 4.69) is 21.3 Å². The maximum absolute atomic E-state index is 12.9. The number of aromatic nitrogens is 1. The Morgan fingerprint density at radius 1 is 1.30 bits per heavy atom. The molecule has 27 heavy (non-hydrogen) atoms. The Hall–Kier alpha value is -2.75. The molecule has 0 aliphatic carbocycles. The molecule has 0 spiro atoms. The van der Waals surface area contributed by atoms with Gasteiger partial charge in [0, 0.05) is 31.9 Å². The van der Waals surface area contributed by atoms with Crippen molar-refractivity contribution in [1.82, 2.24) is 15.2 Å². The Balaban J connectivity index is 1.81. The van der Waals surface area contributed by atoms with E-state index in [0.717, 1.165) is 49.7 Å². The van der Waals surface area contributed by atoms with Crippen LogP contribution in [0.25, 0.3) is 11.1 Å². The summed E-state index contributed by atoms with van der Waals surface area (Å²) in [4.78, 5) is 19.7. The number of pyridine rings is 1. The second-order valence-electron chi connectivity index (χ2n) is 6.67. The number of nitrogens with one attached hydrogen (secondary N) is 1. The molecule has 2 heterocycles. The van der Waals surface area contributed by atoms with Crippen molar-refractivity contribution in [3.05, 3.63) is 52.8 Å². The molecule has 6 heteroatoms. The summed E-state index contributed by atoms with van der Waals surface area (Å²) in [7, 11) is 0. The predicted molar refractivity (Wildman–Crippen MR) is 103 cm³/mol. The fourth-order valence-electron chi connectivity index (χ4n) is 3.34. The summed E-state index contributed by atoms with van der Waals surface area (Å²) in [5.41, 5.74) is 4.32. The van der Waals surface area contributed by atoms with Crippen LogP contribution in [0.15, 0.2) is 30.3 Å². The van der Waals surface area contributed by atoms with Crippen molar-refractivity contribution in [1.29, 1.82) is 5.26 Å². The Kier molecular flexibility index (Phi) is 6.17. The highest BCUT2D eigenvalue weighted by atomic mass is 16.5. The number of hydrogen-bond acceptors (Lipinski definition) is 5. The van der Waals surface area contributed by atoms with Gasteiger partial charge < -0.3 is 10.1 Å². The van der Waals surface area contributed by atoms with Gasteiger partial charge in [0.15, 0.2) is 0 Å². The van der Waals surface area contributed by atoms with Crippen LogP contribution >= 0.6 is 0 Å². The molecule has 3 rings (SSSR count). The minimum atomic E-state index is -0.134. The van der Waals surface area contributed by atoms with E-state index >= 15 is 0 Å². The van der Waals surface area contributed by atoms with Crippen LogP contribution in [-0.2, 0) is 4.74 Å². The summed E-state index contributed by atoms with van der Waals surface area (Å²) >= 11 is 0. The molecule has 1 aliphatic rings. The van der Waals surface area contributed by atoms with Crippen molar-refractivity contribution < 1.29 is 9.53 Å². The molecule has 0 saturated carbocycles. The van der Waals surface area contributed by atoms with E-state index in [4.69, 9.17) is 4.74 Å². The fraction of sp³-hybridized carbons (Fsp3) is 0.381. The number of benzene rings is 1. The van der Waals surface area contributed by atoms with E-state index in [-0.39, 0.29) is 5.91 Å². The van der Waals surface area contributed by atoms with Gasteiger partial charge in [-0.2, -0.15) is 5.26 Å². The lowest BCUT2D eigenvalue weighted by atomic mass is 9.96. The predicted octanol–water partition coefficient (Wildman–Crippen LogP) is 2.30. The average molecular weight is 364 g/mol. The summed E-state index contributed by atoms with van der Waals surface area (Å²) in [6.07, 6.45) is 0. The molecule has 1 aromatic heterocycles. The monoisotopic (exact) mass is 364 g/mol. The van der Waals surface area contributed by atoms with Gasteiger partial charge in [0.2, 0.25) is 0 Å². The third-order valence-electron chi connectivity index (χ3n) is 4.68. The summed E-state index contributed by atoms with van der Waals surface area (Å²) in [5, 5.41) is 12.2. The first-order valence-electron chi connectivity index (χ1n) is 9.15. The van der Waals surface area contributed by atoms with E-state index in [0.29, 0.717) is 23.4 Å². The van der Waals surface area contributed by atoms with E-state index in [1.54, 1.807) is 12.1 Å². The van der Waals surface area contributed by atoms with E-state index in [1.807, 2.05) is 32.0 Å². The number of nitriles is 1. The molecular formula is C21H24N4O2. The number of ether oxygens (including phenoxy) is 1. The van der Waals surface area contributed by atoms with Gasteiger partial charge >= 0.3 is 0 Å². The standard InChI is InChI=1S/C21H24N4O2/c1-15-12-19(18-5-3-4-17(13-18)14-22)20(16(2)24-15)21(26)23-6-7-25-8-10-27-11-9-25/h3-5,12-13H,6-11H2,1-2H3,(H,23,26). The Bertz CT molecular complexity index is 867. The van der Waals surface area contributed by atoms with Crippen molar-refractivity contribution in [2.45, 2.75) is 13.8 Å². The van der Waals surface area contributed by atoms with E-state index in [1.165, 1.54) is 0 Å². The van der Waals surface area contributed by atoms with Gasteiger partial charge in [-0.25, -0.2) is 0 Å². The lowest BCUT2D eigenvalue weighted by Crippen LogP contribution is -2.41. The second-order valence-corrected chi connectivity index (χ2v) is 6.67. The Morgan fingerprint density at radius 3 is 2.81 bits per heavy atom. The van der Waals surface area contributed by atoms with Crippen molar-refractivity contribution in [2.75, 3.05) is 39.4 Å². The van der Waals surface area contributed by atoms with Gasteiger partial charge in [0.1, 0.15) is 0 Å². The number of carbonyl (C=O) groups is 1. The van der Waals surface area contributed by atoms with Crippen LogP contribution < -0.4 is 5.32 Å². The van der Waals surface area contributed by atoms with Crippen molar-refractivity contribution in [3.63, 3.8) is 0 Å². The molecule has 1 fully saturated rings. The first kappa shape index (κ1) is 19.0. The SMILES string of the molecule is Cc1cc(-c2cccc(C#N)c2)c(C(=O)NCCN2CCOCC2)c(C)n1. The molecule has 0 unspecified atom stereocenters. The molecule has 2 aromatic rings. The van der Waals surface area contributed by atoms with Crippen LogP contribution in [0.5, 0.6) is 0 Å². The molecule has 1 N–H and O–H groups in total. The zero-order valence-electron chi connectivity index (χ0n) is 15.8. The molecule has 6 nitrogen and oxygen atoms in total. The van der Waals surface area contributed by atoms with Crippen LogP contribution in [0, 0.1) is 25.2 Å². The highest BCUT2D eigenvalue weighted by Crippen LogP contribution is 2.27. The third-order valence-corrected chi connectivity index (χ3v) is 4.68. The molecule has 140 valence electrons. The molecule has 1 aromatic carbocycles. The molecule has 1 amide bonds. The summed E-state index contributed by atoms with van der Waals surface area (Å²) in [6, 6.07) is 11.4. The number of amides is 1. The topological polar surface area (TPSA) is 78.2 Å². The first-order valence-corrected chi connectivity index (χ1v) is 9.15. The third kappa shape index (κ3) is 4.70. The average Bonchev–Trinajstić information content (AvgIpc) is 2.68. The summed E-state index contributed by atoms with van der Waals surface area (Å²) in [5.74, 6) is -0.134. The lowest BCUT2D eigenvalue weighted by Gasteiger charge is -2.26. The van der Waals surface area contributed by atoms with Gasteiger partial charge in [0.05, 0.1) is 36.1 Å². The van der Waals surface area contributed by atoms with Crippen LogP contribution in [0.2, 0.25) is 0 Å². The summed E-state index contributed by atoms with van der Waals surface area (Å²) in [6.45, 7) is 8.41. The number of carbonyl (C=O) groups excluding carboxylic acids is 1. The minimum Gasteiger partial charge on any atom is -0.379 e. The minimum absolute atomic E-state index is 0.134. The number of aryl methyl sites for hydroxylation is 2. The van der Waals surface area contributed by atoms with E-state index < -0.39 is 0 Å². The van der Waals surface area contributed by atoms with Gasteiger partial charge in [-0.15, -0.1) is 0 Å². The Morgan fingerprint density at radius 2 is 2.07 bits per heavy atom. The molecular weight excluding hydrogens is 340 g/mol. The molecule has 1 aliphatic heterocycles. The van der Waals surface area contributed by atoms with E-state index in [9.17, 15) is 10.1 Å². The fourth-order valence-corrected chi connectivity index (χ4v) is 3.34. The smallest absolute Gasteiger partial charge is 0.253 e. The molecule has 0 bridgehead atoms. The molecule has 0 atom stereocenters. The molecule has 1 saturated heterocycles. The zero-order chi connectivity index (χ0) is 19.2. The number of morpholine rings is 1. The van der Waals surface area contributed by atoms with Gasteiger partial charge in [-0.3, -0.25) is 14.7 Å². The normalized spacial score (nSPS) is 14.6. The van der Waals surface area contributed by atoms with Crippen molar-refractivity contribution in [3.8, 4) is 17.2 Å². The number of hydrogen-bond donors (Lipinski definition) is 1. The van der Waals surface area contributed by atoms with Crippen LogP contribution in [0.1, 0.15) is 27.3 Å². The highest BCUT2D eigenvalue weighted by molar-refractivity contribution is 6.02. The molecule has 0 radical (unpaired) electrons. The number of rotatable bonds is 5. The van der Waals surface area contributed by atoms with Gasteiger partial charge in [-0.1, -0.05) is 12.1 Å². The summed E-state index contributed by atoms with van der Waals surface area (Å²) < 4.78 is 5.35. The van der Waals surface area contributed by atoms with Crippen molar-refractivity contribution in [2.24, 2.45) is 0 Å². The maximum Gasteiger partial charge on any atom is 0.253 e. The van der Waals surface area contributed by atoms with Crippen molar-refractivity contribution >= 4 is 5.91 Å². The highest BCUT2D eigenvalue weighted by Gasteiger charge is 2.18. The van der Waals surface area contributed by atoms with Gasteiger partial charge in [-0.05, 0) is 43.2 Å². The van der Waals surface area contributed by atoms with Crippen LogP contribution in [0.4, 0.5) is 0 Å². The van der Waals surface area contributed by atoms with Crippen LogP contribution in [0.3, 0.4) is 0 Å². The largest absolute Gasteiger partial charge is 0.379 e.